The van der Waals surface area contributed by atoms with Crippen molar-refractivity contribution in [1.29, 1.82) is 0 Å². The van der Waals surface area contributed by atoms with E-state index in [1.807, 2.05) is 64.1 Å². The molecule has 3 aromatic rings. The summed E-state index contributed by atoms with van der Waals surface area (Å²) in [6.45, 7) is 24.9. The maximum atomic E-state index is 5.94. The first-order valence-corrected chi connectivity index (χ1v) is 13.5. The number of rotatable bonds is 5. The summed E-state index contributed by atoms with van der Waals surface area (Å²) < 4.78 is 0. The third kappa shape index (κ3) is 20.9. The van der Waals surface area contributed by atoms with Gasteiger partial charge in [0.1, 0.15) is 5.82 Å². The van der Waals surface area contributed by atoms with E-state index in [2.05, 4.69) is 61.1 Å². The topological polar surface area (TPSA) is 50.7 Å². The maximum absolute atomic E-state index is 5.94. The van der Waals surface area contributed by atoms with E-state index >= 15 is 0 Å². The third-order valence-corrected chi connectivity index (χ3v) is 5.17. The van der Waals surface area contributed by atoms with Gasteiger partial charge in [-0.15, -0.1) is 0 Å². The van der Waals surface area contributed by atoms with Gasteiger partial charge in [-0.1, -0.05) is 102 Å². The smallest absolute Gasteiger partial charge is 0.125 e. The molecule has 4 nitrogen and oxygen atoms in total. The van der Waals surface area contributed by atoms with Gasteiger partial charge in [-0.25, -0.2) is 9.97 Å². The van der Waals surface area contributed by atoms with Gasteiger partial charge in [0.25, 0.3) is 0 Å². The molecule has 0 atom stereocenters. The molecule has 0 amide bonds. The molecule has 0 aliphatic rings. The highest BCUT2D eigenvalue weighted by atomic mass is 35.5. The lowest BCUT2D eigenvalue weighted by Crippen LogP contribution is -2.26. The summed E-state index contributed by atoms with van der Waals surface area (Å²) >= 11 is 5.94. The van der Waals surface area contributed by atoms with E-state index in [1.165, 1.54) is 25.7 Å². The molecule has 1 N–H and O–H groups in total. The van der Waals surface area contributed by atoms with E-state index in [-0.39, 0.29) is 0 Å². The van der Waals surface area contributed by atoms with E-state index in [0.29, 0.717) is 0 Å². The number of unbranched alkanes of at least 4 members (excludes halogenated alkanes) is 2. The quantitative estimate of drug-likeness (QED) is 0.367. The first-order valence-electron chi connectivity index (χ1n) is 13.1. The Bertz CT molecular complexity index is 1060. The third-order valence-electron chi connectivity index (χ3n) is 4.80. The van der Waals surface area contributed by atoms with Crippen molar-refractivity contribution in [3.8, 4) is 0 Å². The van der Waals surface area contributed by atoms with Crippen LogP contribution in [0.15, 0.2) is 67.3 Å². The molecule has 0 fully saturated rings. The Labute approximate surface area is 231 Å². The van der Waals surface area contributed by atoms with Gasteiger partial charge in [0.15, 0.2) is 0 Å². The van der Waals surface area contributed by atoms with Gasteiger partial charge < -0.3 is 5.32 Å². The van der Waals surface area contributed by atoms with Crippen molar-refractivity contribution in [3.63, 3.8) is 0 Å². The molecule has 0 aliphatic carbocycles. The lowest BCUT2D eigenvalue weighted by atomic mass is 10.2. The van der Waals surface area contributed by atoms with Gasteiger partial charge in [-0.2, -0.15) is 0 Å². The SMILES string of the molecule is C=C(C)NCc1ccccc1Cl.C=c1ccnc(C)/c1=C/C.CCCC.CCCC.Cc1ncccn1. The fourth-order valence-electron chi connectivity index (χ4n) is 2.29. The Morgan fingerprint density at radius 3 is 1.76 bits per heavy atom. The second kappa shape index (κ2) is 24.7. The van der Waals surface area contributed by atoms with E-state index < -0.39 is 0 Å². The zero-order valence-corrected chi connectivity index (χ0v) is 25.2. The van der Waals surface area contributed by atoms with Crippen LogP contribution in [0, 0.1) is 13.8 Å². The number of hydrogen-bond donors (Lipinski definition) is 1. The van der Waals surface area contributed by atoms with Crippen LogP contribution in [-0.2, 0) is 6.54 Å². The van der Waals surface area contributed by atoms with Crippen molar-refractivity contribution in [2.45, 2.75) is 87.6 Å². The Balaban J connectivity index is 0. The number of nitrogens with one attached hydrogen (secondary N) is 1. The molecule has 0 saturated heterocycles. The summed E-state index contributed by atoms with van der Waals surface area (Å²) in [7, 11) is 0. The lowest BCUT2D eigenvalue weighted by molar-refractivity contribution is 0.816. The molecule has 0 aliphatic heterocycles. The molecule has 5 heteroatoms. The number of allylic oxidation sites excluding steroid dienone is 1. The molecule has 2 heterocycles. The molecule has 0 bridgehead atoms. The molecule has 3 rings (SSSR count). The number of pyridine rings is 1. The maximum Gasteiger partial charge on any atom is 0.125 e. The standard InChI is InChI=1S/C10H12ClN.C9H11N.C5H6N2.2C4H10/c1-8(2)12-7-9-5-3-4-6-10(9)11;1-4-9-7(2)5-6-10-8(9)3;1-5-6-3-2-4-7-5;2*1-3-4-2/h3-6,12H,1,7H2,2H3;4-6H,2H2,1,3H3;2-4H,1H3;2*3-4H2,1-2H3/b;9-4+;;;. The summed E-state index contributed by atoms with van der Waals surface area (Å²) in [5.41, 5.74) is 3.10. The van der Waals surface area contributed by atoms with Crippen LogP contribution in [0.5, 0.6) is 0 Å². The molecule has 0 spiro atoms. The molecule has 0 radical (unpaired) electrons. The molecule has 0 saturated carbocycles. The van der Waals surface area contributed by atoms with Gasteiger partial charge in [-0.3, -0.25) is 4.98 Å². The second-order valence-corrected chi connectivity index (χ2v) is 8.69. The highest BCUT2D eigenvalue weighted by Crippen LogP contribution is 2.14. The molecule has 2 aromatic heterocycles. The van der Waals surface area contributed by atoms with Gasteiger partial charge in [-0.05, 0) is 61.9 Å². The summed E-state index contributed by atoms with van der Waals surface area (Å²) in [5, 5.41) is 6.13. The zero-order chi connectivity index (χ0) is 28.5. The Hall–Kier alpha value is -2.98. The monoisotopic (exact) mass is 524 g/mol. The molecule has 0 unspecified atom stereocenters. The highest BCUT2D eigenvalue weighted by molar-refractivity contribution is 6.31. The summed E-state index contributed by atoms with van der Waals surface area (Å²) in [6.07, 6.45) is 12.5. The average Bonchev–Trinajstić information content (AvgIpc) is 2.90. The number of benzene rings is 1. The van der Waals surface area contributed by atoms with E-state index in [0.717, 1.165) is 44.8 Å². The van der Waals surface area contributed by atoms with E-state index in [9.17, 15) is 0 Å². The van der Waals surface area contributed by atoms with Gasteiger partial charge in [0, 0.05) is 41.5 Å². The number of halogens is 1. The van der Waals surface area contributed by atoms with Crippen molar-refractivity contribution in [2.75, 3.05) is 0 Å². The minimum absolute atomic E-state index is 0.745. The Morgan fingerprint density at radius 2 is 1.41 bits per heavy atom. The fraction of sp³-hybridized carbons (Fsp3) is 0.406. The predicted molar refractivity (Wildman–Crippen MR) is 165 cm³/mol. The number of nitrogens with zero attached hydrogens (tertiary/aromatic N) is 3. The van der Waals surface area contributed by atoms with Gasteiger partial charge in [0.05, 0.1) is 0 Å². The first kappa shape index (κ1) is 36.2. The van der Waals surface area contributed by atoms with Gasteiger partial charge >= 0.3 is 0 Å². The van der Waals surface area contributed by atoms with Crippen LogP contribution < -0.4 is 15.8 Å². The van der Waals surface area contributed by atoms with Crippen molar-refractivity contribution in [2.24, 2.45) is 0 Å². The largest absolute Gasteiger partial charge is 0.385 e. The predicted octanol–water partition coefficient (Wildman–Crippen LogP) is 7.96. The summed E-state index contributed by atoms with van der Waals surface area (Å²) in [4.78, 5) is 11.9. The Kier molecular flexibility index (Phi) is 24.2. The van der Waals surface area contributed by atoms with Crippen LogP contribution in [0.2, 0.25) is 5.02 Å². The van der Waals surface area contributed by atoms with Crippen LogP contribution in [0.25, 0.3) is 12.7 Å². The molecular weight excluding hydrogens is 476 g/mol. The number of aryl methyl sites for hydroxylation is 2. The summed E-state index contributed by atoms with van der Waals surface area (Å²) in [6, 6.07) is 11.5. The second-order valence-electron chi connectivity index (χ2n) is 8.28. The Morgan fingerprint density at radius 1 is 0.865 bits per heavy atom. The molecule has 204 valence electrons. The average molecular weight is 525 g/mol. The zero-order valence-electron chi connectivity index (χ0n) is 24.4. The van der Waals surface area contributed by atoms with Gasteiger partial charge in [0.2, 0.25) is 0 Å². The van der Waals surface area contributed by atoms with E-state index in [1.54, 1.807) is 24.7 Å². The van der Waals surface area contributed by atoms with E-state index in [4.69, 9.17) is 11.6 Å². The van der Waals surface area contributed by atoms with Crippen LogP contribution in [0.1, 0.15) is 84.3 Å². The van der Waals surface area contributed by atoms with Crippen LogP contribution >= 0.6 is 11.6 Å². The van der Waals surface area contributed by atoms with Crippen LogP contribution in [0.4, 0.5) is 0 Å². The molecular formula is C32H49ClN4. The number of hydrogen-bond acceptors (Lipinski definition) is 4. The minimum Gasteiger partial charge on any atom is -0.385 e. The van der Waals surface area contributed by atoms with Crippen molar-refractivity contribution in [1.82, 2.24) is 20.3 Å². The van der Waals surface area contributed by atoms with Crippen molar-refractivity contribution in [3.05, 3.63) is 99.8 Å². The van der Waals surface area contributed by atoms with Crippen molar-refractivity contribution >= 4 is 24.3 Å². The highest BCUT2D eigenvalue weighted by Gasteiger charge is 1.96. The van der Waals surface area contributed by atoms with Crippen LogP contribution in [0.3, 0.4) is 0 Å². The number of aromatic nitrogens is 3. The normalized spacial score (nSPS) is 9.59. The summed E-state index contributed by atoms with van der Waals surface area (Å²) in [5.74, 6) is 0.822. The molecule has 37 heavy (non-hydrogen) atoms. The van der Waals surface area contributed by atoms with Crippen LogP contribution in [-0.4, -0.2) is 15.0 Å². The molecule has 1 aromatic carbocycles. The fourth-order valence-corrected chi connectivity index (χ4v) is 2.49. The first-order chi connectivity index (χ1) is 17.7. The van der Waals surface area contributed by atoms with Crippen molar-refractivity contribution < 1.29 is 0 Å². The lowest BCUT2D eigenvalue weighted by Gasteiger charge is -2.06. The minimum atomic E-state index is 0.745.